The highest BCUT2D eigenvalue weighted by Gasteiger charge is 2.20. The number of amides is 1. The number of nitrogens with zero attached hydrogens (tertiary/aromatic N) is 3. The summed E-state index contributed by atoms with van der Waals surface area (Å²) in [6.07, 6.45) is 4.26. The molecule has 3 rings (SSSR count). The molecule has 0 aliphatic heterocycles. The Kier molecular flexibility index (Phi) is 5.18. The van der Waals surface area contributed by atoms with Crippen LogP contribution in [0, 0.1) is 5.82 Å². The van der Waals surface area contributed by atoms with Gasteiger partial charge in [-0.05, 0) is 18.2 Å². The van der Waals surface area contributed by atoms with E-state index >= 15 is 0 Å². The van der Waals surface area contributed by atoms with E-state index < -0.39 is 17.5 Å². The summed E-state index contributed by atoms with van der Waals surface area (Å²) in [6.45, 7) is 0. The first-order chi connectivity index (χ1) is 12.9. The van der Waals surface area contributed by atoms with Crippen LogP contribution in [0.1, 0.15) is 26.4 Å². The fraction of sp³-hybridized carbons (Fsp3) is 0.111. The molecule has 0 aliphatic carbocycles. The average molecular weight is 388 g/mol. The Morgan fingerprint density at radius 1 is 1.22 bits per heavy atom. The van der Waals surface area contributed by atoms with Gasteiger partial charge in [0.05, 0.1) is 28.7 Å². The second-order valence-corrected chi connectivity index (χ2v) is 6.26. The molecule has 3 aromatic rings. The fourth-order valence-corrected chi connectivity index (χ4v) is 2.58. The van der Waals surface area contributed by atoms with Gasteiger partial charge in [0.25, 0.3) is 5.91 Å². The number of nitrogens with one attached hydrogen (secondary N) is 2. The molecule has 2 aromatic heterocycles. The second-order valence-electron chi connectivity index (χ2n) is 5.85. The second kappa shape index (κ2) is 7.55. The van der Waals surface area contributed by atoms with Gasteiger partial charge >= 0.3 is 0 Å². The van der Waals surface area contributed by atoms with Crippen LogP contribution >= 0.6 is 11.6 Å². The molecular formula is C18H15ClFN5O2. The smallest absolute Gasteiger partial charge is 0.272 e. The molecule has 0 spiro atoms. The van der Waals surface area contributed by atoms with Gasteiger partial charge in [0.1, 0.15) is 11.5 Å². The first-order valence-electron chi connectivity index (χ1n) is 7.84. The van der Waals surface area contributed by atoms with Crippen molar-refractivity contribution in [3.8, 4) is 0 Å². The molecule has 0 fully saturated rings. The number of rotatable bonds is 5. The van der Waals surface area contributed by atoms with Crippen molar-refractivity contribution in [2.75, 3.05) is 24.3 Å². The van der Waals surface area contributed by atoms with Gasteiger partial charge in [-0.2, -0.15) is 0 Å². The Hall–Kier alpha value is -3.26. The standard InChI is InChI=1S/C18H15ClFN5O2/c1-25(2)18-22-8-11(9-23-18)24-17(27)14-6-10(7-21-14)16(26)15-12(19)4-3-5-13(15)20/h3-9,21H,1-2H3,(H,24,27). The summed E-state index contributed by atoms with van der Waals surface area (Å²) in [6, 6.07) is 5.32. The minimum atomic E-state index is -0.724. The average Bonchev–Trinajstić information content (AvgIpc) is 3.12. The molecule has 2 N–H and O–H groups in total. The molecule has 0 aliphatic rings. The van der Waals surface area contributed by atoms with E-state index in [0.29, 0.717) is 11.6 Å². The molecule has 1 aromatic carbocycles. The van der Waals surface area contributed by atoms with Crippen molar-refractivity contribution < 1.29 is 14.0 Å². The third kappa shape index (κ3) is 3.95. The lowest BCUT2D eigenvalue weighted by Gasteiger charge is -2.09. The maximum absolute atomic E-state index is 13.9. The number of hydrogen-bond acceptors (Lipinski definition) is 5. The highest BCUT2D eigenvalue weighted by molar-refractivity contribution is 6.35. The van der Waals surface area contributed by atoms with E-state index in [9.17, 15) is 14.0 Å². The highest BCUT2D eigenvalue weighted by Crippen LogP contribution is 2.23. The van der Waals surface area contributed by atoms with Crippen LogP contribution < -0.4 is 10.2 Å². The van der Waals surface area contributed by atoms with Crippen LogP contribution in [-0.2, 0) is 0 Å². The van der Waals surface area contributed by atoms with Crippen LogP contribution in [0.25, 0.3) is 0 Å². The number of aromatic amines is 1. The van der Waals surface area contributed by atoms with Crippen LogP contribution in [-0.4, -0.2) is 40.7 Å². The number of benzene rings is 1. The molecule has 9 heteroatoms. The molecule has 0 atom stereocenters. The third-order valence-corrected chi connectivity index (χ3v) is 3.99. The number of carbonyl (C=O) groups is 2. The van der Waals surface area contributed by atoms with Gasteiger partial charge in [0.15, 0.2) is 5.78 Å². The van der Waals surface area contributed by atoms with Crippen molar-refractivity contribution in [3.05, 3.63) is 70.5 Å². The Bertz CT molecular complexity index is 981. The van der Waals surface area contributed by atoms with E-state index in [-0.39, 0.29) is 21.8 Å². The summed E-state index contributed by atoms with van der Waals surface area (Å²) < 4.78 is 13.9. The van der Waals surface area contributed by atoms with Gasteiger partial charge in [-0.25, -0.2) is 14.4 Å². The van der Waals surface area contributed by atoms with Crippen LogP contribution in [0.4, 0.5) is 16.0 Å². The van der Waals surface area contributed by atoms with Crippen LogP contribution in [0.15, 0.2) is 42.9 Å². The van der Waals surface area contributed by atoms with E-state index in [1.54, 1.807) is 19.0 Å². The fourth-order valence-electron chi connectivity index (χ4n) is 2.33. The number of aromatic nitrogens is 3. The van der Waals surface area contributed by atoms with Crippen molar-refractivity contribution in [2.45, 2.75) is 0 Å². The van der Waals surface area contributed by atoms with Gasteiger partial charge < -0.3 is 15.2 Å². The van der Waals surface area contributed by atoms with Gasteiger partial charge in [-0.15, -0.1) is 0 Å². The molecule has 0 saturated carbocycles. The van der Waals surface area contributed by atoms with Crippen molar-refractivity contribution in [2.24, 2.45) is 0 Å². The van der Waals surface area contributed by atoms with Crippen LogP contribution in [0.5, 0.6) is 0 Å². The molecule has 1 amide bonds. The Morgan fingerprint density at radius 2 is 1.93 bits per heavy atom. The van der Waals surface area contributed by atoms with E-state index in [1.165, 1.54) is 36.8 Å². The largest absolute Gasteiger partial charge is 0.356 e. The molecule has 27 heavy (non-hydrogen) atoms. The summed E-state index contributed by atoms with van der Waals surface area (Å²) >= 11 is 5.92. The minimum Gasteiger partial charge on any atom is -0.356 e. The van der Waals surface area contributed by atoms with Gasteiger partial charge in [-0.1, -0.05) is 17.7 Å². The zero-order valence-electron chi connectivity index (χ0n) is 14.5. The summed E-state index contributed by atoms with van der Waals surface area (Å²) in [7, 11) is 3.60. The molecule has 0 bridgehead atoms. The predicted molar refractivity (Wildman–Crippen MR) is 99.9 cm³/mol. The third-order valence-electron chi connectivity index (χ3n) is 3.68. The number of halogens is 2. The van der Waals surface area contributed by atoms with Gasteiger partial charge in [-0.3, -0.25) is 9.59 Å². The Morgan fingerprint density at radius 3 is 2.56 bits per heavy atom. The van der Waals surface area contributed by atoms with Crippen molar-refractivity contribution >= 4 is 34.9 Å². The monoisotopic (exact) mass is 387 g/mol. The van der Waals surface area contributed by atoms with Crippen LogP contribution in [0.3, 0.4) is 0 Å². The summed E-state index contributed by atoms with van der Waals surface area (Å²) in [4.78, 5) is 37.4. The summed E-state index contributed by atoms with van der Waals surface area (Å²) in [5, 5.41) is 2.62. The molecule has 0 unspecified atom stereocenters. The first-order valence-corrected chi connectivity index (χ1v) is 8.22. The molecule has 7 nitrogen and oxygen atoms in total. The number of H-pyrrole nitrogens is 1. The van der Waals surface area contributed by atoms with Crippen molar-refractivity contribution in [1.29, 1.82) is 0 Å². The number of anilines is 2. The molecule has 0 saturated heterocycles. The number of hydrogen-bond donors (Lipinski definition) is 2. The lowest BCUT2D eigenvalue weighted by Crippen LogP contribution is -2.15. The van der Waals surface area contributed by atoms with Crippen LogP contribution in [0.2, 0.25) is 5.02 Å². The number of ketones is 1. The van der Waals surface area contributed by atoms with E-state index in [1.807, 2.05) is 0 Å². The summed E-state index contributed by atoms with van der Waals surface area (Å²) in [5.41, 5.74) is 0.400. The first kappa shape index (κ1) is 18.5. The van der Waals surface area contributed by atoms with Crippen molar-refractivity contribution in [1.82, 2.24) is 15.0 Å². The zero-order chi connectivity index (χ0) is 19.6. The normalized spacial score (nSPS) is 10.5. The van der Waals surface area contributed by atoms with E-state index in [4.69, 9.17) is 11.6 Å². The predicted octanol–water partition coefficient (Wildman–Crippen LogP) is 3.15. The SMILES string of the molecule is CN(C)c1ncc(NC(=O)c2cc(C(=O)c3c(F)cccc3Cl)c[nH]2)cn1. The molecule has 138 valence electrons. The molecule has 2 heterocycles. The summed E-state index contributed by atoms with van der Waals surface area (Å²) in [5.74, 6) is -1.33. The lowest BCUT2D eigenvalue weighted by atomic mass is 10.1. The lowest BCUT2D eigenvalue weighted by molar-refractivity contribution is 0.102. The number of carbonyl (C=O) groups excluding carboxylic acids is 2. The maximum atomic E-state index is 13.9. The van der Waals surface area contributed by atoms with Gasteiger partial charge in [0.2, 0.25) is 5.95 Å². The Labute approximate surface area is 159 Å². The molecule has 0 radical (unpaired) electrons. The zero-order valence-corrected chi connectivity index (χ0v) is 15.2. The van der Waals surface area contributed by atoms with E-state index in [2.05, 4.69) is 20.3 Å². The van der Waals surface area contributed by atoms with E-state index in [0.717, 1.165) is 6.07 Å². The molecular weight excluding hydrogens is 373 g/mol. The quantitative estimate of drug-likeness (QED) is 0.656. The van der Waals surface area contributed by atoms with Gasteiger partial charge in [0, 0.05) is 25.9 Å². The topological polar surface area (TPSA) is 91.0 Å². The highest BCUT2D eigenvalue weighted by atomic mass is 35.5. The maximum Gasteiger partial charge on any atom is 0.272 e. The minimum absolute atomic E-state index is 0.00494. The Balaban J connectivity index is 1.77. The van der Waals surface area contributed by atoms with Crippen molar-refractivity contribution in [3.63, 3.8) is 0 Å².